The summed E-state index contributed by atoms with van der Waals surface area (Å²) in [4.78, 5) is 0. The van der Waals surface area contributed by atoms with Crippen molar-refractivity contribution in [2.75, 3.05) is 39.6 Å². The van der Waals surface area contributed by atoms with Gasteiger partial charge in [0.15, 0.2) is 37.2 Å². The molecule has 496 valence electrons. The number of ether oxygens (including phenoxy) is 12. The van der Waals surface area contributed by atoms with E-state index in [0.29, 0.717) is 25.4 Å². The molecule has 29 heteroatoms. The molecule has 0 aromatic carbocycles. The molecule has 7 saturated heterocycles. The fourth-order valence-corrected chi connectivity index (χ4v) is 17.7. The van der Waals surface area contributed by atoms with Crippen LogP contribution in [-0.4, -0.2) is 304 Å². The maximum atomic E-state index is 12.4. The normalized spacial score (nSPS) is 58.4. The molecule has 7 heterocycles. The Morgan fingerprint density at radius 2 is 1.00 bits per heavy atom. The van der Waals surface area contributed by atoms with E-state index in [1.165, 1.54) is 0 Å². The summed E-state index contributed by atoms with van der Waals surface area (Å²) in [6.07, 6.45) is -42.8. The molecule has 4 saturated carbocycles. The summed E-state index contributed by atoms with van der Waals surface area (Å²) >= 11 is 0. The van der Waals surface area contributed by atoms with E-state index in [9.17, 15) is 86.8 Å². The summed E-state index contributed by atoms with van der Waals surface area (Å²) in [5.41, 5.74) is -1.02. The van der Waals surface area contributed by atoms with Gasteiger partial charge in [0.25, 0.3) is 0 Å². The van der Waals surface area contributed by atoms with Gasteiger partial charge in [0, 0.05) is 18.3 Å². The van der Waals surface area contributed by atoms with E-state index < -0.39 is 215 Å². The Kier molecular flexibility index (Phi) is 19.5. The quantitative estimate of drug-likeness (QED) is 0.0720. The Balaban J connectivity index is 0.805. The number of hydrogen-bond donors (Lipinski definition) is 17. The third-order valence-electron chi connectivity index (χ3n) is 22.9. The van der Waals surface area contributed by atoms with E-state index in [2.05, 4.69) is 34.6 Å². The molecule has 11 fully saturated rings. The molecular formula is C57H94O29. The molecule has 11 aliphatic rings. The predicted molar refractivity (Wildman–Crippen MR) is 282 cm³/mol. The van der Waals surface area contributed by atoms with Crippen LogP contribution in [-0.2, 0) is 56.8 Å². The van der Waals surface area contributed by atoms with Crippen molar-refractivity contribution in [3.8, 4) is 0 Å². The summed E-state index contributed by atoms with van der Waals surface area (Å²) in [7, 11) is 0. The fourth-order valence-electron chi connectivity index (χ4n) is 17.7. The molecular weight excluding hydrogens is 1150 g/mol. The molecule has 0 radical (unpaired) electrons. The molecule has 2 unspecified atom stereocenters. The van der Waals surface area contributed by atoms with Crippen LogP contribution in [0.25, 0.3) is 0 Å². The van der Waals surface area contributed by atoms with Crippen LogP contribution in [0.2, 0.25) is 0 Å². The Morgan fingerprint density at radius 3 is 1.65 bits per heavy atom. The van der Waals surface area contributed by atoms with Crippen LogP contribution in [0.5, 0.6) is 0 Å². The lowest BCUT2D eigenvalue weighted by Gasteiger charge is -2.66. The minimum atomic E-state index is -2.21. The first-order chi connectivity index (χ1) is 40.7. The lowest BCUT2D eigenvalue weighted by Crippen LogP contribution is -2.69. The van der Waals surface area contributed by atoms with Crippen molar-refractivity contribution in [1.82, 2.24) is 0 Å². The van der Waals surface area contributed by atoms with Gasteiger partial charge in [-0.2, -0.15) is 0 Å². The van der Waals surface area contributed by atoms with Crippen LogP contribution in [0.3, 0.4) is 0 Å². The van der Waals surface area contributed by atoms with Crippen molar-refractivity contribution in [2.45, 2.75) is 264 Å². The highest BCUT2D eigenvalue weighted by molar-refractivity contribution is 5.20. The van der Waals surface area contributed by atoms with Crippen LogP contribution in [0.4, 0.5) is 0 Å². The van der Waals surface area contributed by atoms with Gasteiger partial charge in [-0.25, -0.2) is 0 Å². The van der Waals surface area contributed by atoms with E-state index >= 15 is 0 Å². The van der Waals surface area contributed by atoms with Crippen molar-refractivity contribution in [3.63, 3.8) is 0 Å². The van der Waals surface area contributed by atoms with Gasteiger partial charge in [-0.15, -0.1) is 0 Å². The Hall–Kier alpha value is -1.16. The fraction of sp³-hybridized carbons (Fsp3) is 1.00. The lowest BCUT2D eigenvalue weighted by atomic mass is 9.39. The smallest absolute Gasteiger partial charge is 0.187 e. The average Bonchev–Trinajstić information content (AvgIpc) is 1.47. The van der Waals surface area contributed by atoms with Crippen LogP contribution < -0.4 is 0 Å². The zero-order chi connectivity index (χ0) is 62.0. The molecule has 4 aliphatic carbocycles. The molecule has 38 atom stereocenters. The van der Waals surface area contributed by atoms with Gasteiger partial charge < -0.3 is 144 Å². The molecule has 86 heavy (non-hydrogen) atoms. The number of aliphatic hydroxyl groups excluding tert-OH is 17. The third kappa shape index (κ3) is 11.1. The van der Waals surface area contributed by atoms with Crippen LogP contribution >= 0.6 is 0 Å². The molecule has 0 bridgehead atoms. The van der Waals surface area contributed by atoms with E-state index in [1.54, 1.807) is 0 Å². The highest BCUT2D eigenvalue weighted by Gasteiger charge is 2.74. The SMILES string of the molecule is C[C@@H]1CC[C@@]2(OC1)OC1[C@@H](O)[C@H]3[C@@H]4CC[C@@]5(C)C[C@@H](O[C@@H]6O[C@H](CO)[C@H](O[C@@H]7O[C@H](CO)[C@@H](O)[C@H](O[C@@H]8OC[C@@H](O)[C@H](O)[C@H]8O)C7O[C@@H]7O[C@H](CO)[C@H](O)[C@H](O[C@@H]8O[C@H](CO)[C@@H](O)[C@H](O)[C@H]8O)[C@H]7O)[C@H](O)[C@H]6O)[C@H](O)C[C@]5(C)[C@H]4CC[C@]3(C)[C@H]1[C@@H]2C. The van der Waals surface area contributed by atoms with Crippen molar-refractivity contribution in [1.29, 1.82) is 0 Å². The lowest BCUT2D eigenvalue weighted by molar-refractivity contribution is -0.410. The van der Waals surface area contributed by atoms with E-state index in [0.717, 1.165) is 38.5 Å². The van der Waals surface area contributed by atoms with E-state index in [1.807, 2.05) is 0 Å². The summed E-state index contributed by atoms with van der Waals surface area (Å²) in [6, 6.07) is 0. The first-order valence-corrected chi connectivity index (χ1v) is 30.8. The number of rotatable bonds is 14. The largest absolute Gasteiger partial charge is 0.394 e. The molecule has 1 spiro atoms. The molecule has 0 aromatic rings. The zero-order valence-corrected chi connectivity index (χ0v) is 49.0. The van der Waals surface area contributed by atoms with E-state index in [4.69, 9.17) is 56.8 Å². The van der Waals surface area contributed by atoms with Crippen LogP contribution in [0.1, 0.15) is 86.0 Å². The van der Waals surface area contributed by atoms with Gasteiger partial charge in [-0.3, -0.25) is 0 Å². The maximum Gasteiger partial charge on any atom is 0.187 e. The summed E-state index contributed by atoms with van der Waals surface area (Å²) < 4.78 is 73.0. The van der Waals surface area contributed by atoms with Crippen molar-refractivity contribution >= 4 is 0 Å². The summed E-state index contributed by atoms with van der Waals surface area (Å²) in [5, 5.41) is 189. The first-order valence-electron chi connectivity index (χ1n) is 30.8. The van der Waals surface area contributed by atoms with Gasteiger partial charge in [-0.1, -0.05) is 34.6 Å². The van der Waals surface area contributed by atoms with Crippen LogP contribution in [0.15, 0.2) is 0 Å². The second-order valence-electron chi connectivity index (χ2n) is 27.6. The first kappa shape index (κ1) is 66.3. The molecule has 17 N–H and O–H groups in total. The minimum absolute atomic E-state index is 0.0227. The van der Waals surface area contributed by atoms with E-state index in [-0.39, 0.29) is 41.1 Å². The molecule has 11 rings (SSSR count). The summed E-state index contributed by atoms with van der Waals surface area (Å²) in [5.74, 6) is 0.246. The van der Waals surface area contributed by atoms with Gasteiger partial charge in [0.05, 0.1) is 64.1 Å². The van der Waals surface area contributed by atoms with Crippen molar-refractivity contribution < 1.29 is 144 Å². The number of aliphatic hydroxyl groups is 17. The average molecular weight is 1240 g/mol. The molecule has 7 aliphatic heterocycles. The van der Waals surface area contributed by atoms with Gasteiger partial charge in [-0.05, 0) is 84.9 Å². The number of hydrogen-bond acceptors (Lipinski definition) is 29. The highest BCUT2D eigenvalue weighted by Crippen LogP contribution is 2.73. The molecule has 0 aromatic heterocycles. The Bertz CT molecular complexity index is 2270. The maximum absolute atomic E-state index is 12.4. The predicted octanol–water partition coefficient (Wildman–Crippen LogP) is -6.11. The summed E-state index contributed by atoms with van der Waals surface area (Å²) in [6.45, 7) is 7.40. The van der Waals surface area contributed by atoms with Gasteiger partial charge in [0.1, 0.15) is 116 Å². The topological polar surface area (TPSA) is 455 Å². The third-order valence-corrected chi connectivity index (χ3v) is 22.9. The second-order valence-corrected chi connectivity index (χ2v) is 27.6. The Labute approximate surface area is 497 Å². The zero-order valence-electron chi connectivity index (χ0n) is 49.0. The van der Waals surface area contributed by atoms with Crippen molar-refractivity contribution in [3.05, 3.63) is 0 Å². The minimum Gasteiger partial charge on any atom is -0.394 e. The standard InChI is InChI=1S/C57H94O29/c1-20-6-11-57(76-18-20)21(2)31-45(86-57)37(68)32-22-7-9-54(3)13-26(24(62)12-56(54,5)23(22)8-10-55(31,32)4)77-50-42(73)39(70)44(30(17-61)81-50)82-53-48(47(36(67)29(16-60)80-53)84-49-40(71)33(64)25(63)19-75-49)85-52-43(74)46(35(66)28(15-59)79-52)83-51-41(72)38(69)34(65)27(14-58)78-51/h20-53,58-74H,6-19H2,1-5H3/t20-,21+,22-,23+,24-,25-,26-,27-,28-,29-,30-,31+,32-,33+,34-,35+,36-,37+,38+,39-,40-,41-,42-,43-,44+,45?,46+,47+,48?,49+,50-,51+,52+,53+,54+,55-,56-,57-/m1/s1. The molecule has 29 nitrogen and oxygen atoms in total. The van der Waals surface area contributed by atoms with Gasteiger partial charge in [0.2, 0.25) is 0 Å². The Morgan fingerprint density at radius 1 is 0.442 bits per heavy atom. The van der Waals surface area contributed by atoms with Gasteiger partial charge >= 0.3 is 0 Å². The number of fused-ring (bicyclic) bond motifs is 7. The van der Waals surface area contributed by atoms with Crippen LogP contribution in [0, 0.1) is 51.8 Å². The monoisotopic (exact) mass is 1240 g/mol. The highest BCUT2D eigenvalue weighted by atomic mass is 16.8. The second kappa shape index (κ2) is 25.3. The molecule has 0 amide bonds. The van der Waals surface area contributed by atoms with Crippen molar-refractivity contribution in [2.24, 2.45) is 51.8 Å².